The minimum absolute atomic E-state index is 0.0248. The van der Waals surface area contributed by atoms with E-state index in [1.807, 2.05) is 74.5 Å². The number of hydrogen-bond acceptors (Lipinski definition) is 8. The van der Waals surface area contributed by atoms with E-state index in [-0.39, 0.29) is 50.4 Å². The number of allylic oxidation sites excluding steroid dienone is 1. The predicted octanol–water partition coefficient (Wildman–Crippen LogP) is 4.44. The fourth-order valence-corrected chi connectivity index (χ4v) is 8.89. The largest absolute Gasteiger partial charge is 0.455 e. The number of carbonyl (C=O) groups excluding carboxylic acids is 4. The van der Waals surface area contributed by atoms with Crippen molar-refractivity contribution in [3.8, 4) is 0 Å². The number of methoxy groups -OCH3 is 1. The Morgan fingerprint density at radius 1 is 0.961 bits per heavy atom. The lowest BCUT2D eigenvalue weighted by Gasteiger charge is -2.36. The number of esters is 1. The topological polar surface area (TPSA) is 135 Å². The summed E-state index contributed by atoms with van der Waals surface area (Å²) in [6.45, 7) is 4.42. The number of unbranched alkanes of at least 4 members (excludes halogenated alkanes) is 2. The van der Waals surface area contributed by atoms with Crippen LogP contribution >= 0.6 is 15.9 Å². The number of hydrogen-bond donors (Lipinski definition) is 2. The molecule has 2 saturated heterocycles. The maximum atomic E-state index is 15.2. The average molecular weight is 765 g/mol. The van der Waals surface area contributed by atoms with Gasteiger partial charge in [0.25, 0.3) is 5.91 Å². The third-order valence-corrected chi connectivity index (χ3v) is 11.1. The zero-order valence-electron chi connectivity index (χ0n) is 29.3. The second kappa shape index (κ2) is 15.8. The molecule has 51 heavy (non-hydrogen) atoms. The molecule has 0 radical (unpaired) electrons. The van der Waals surface area contributed by atoms with Crippen molar-refractivity contribution in [1.29, 1.82) is 0 Å². The molecular weight excluding hydrogens is 718 g/mol. The van der Waals surface area contributed by atoms with Gasteiger partial charge in [-0.1, -0.05) is 76.6 Å². The summed E-state index contributed by atoms with van der Waals surface area (Å²) < 4.78 is 19.1. The first-order valence-corrected chi connectivity index (χ1v) is 18.5. The Morgan fingerprint density at radius 3 is 2.41 bits per heavy atom. The fraction of sp³-hybridized carbons (Fsp3) is 0.487. The maximum Gasteiger partial charge on any atom is 0.313 e. The fourth-order valence-electron chi connectivity index (χ4n) is 8.15. The van der Waals surface area contributed by atoms with Gasteiger partial charge >= 0.3 is 5.97 Å². The van der Waals surface area contributed by atoms with Crippen molar-refractivity contribution in [3.05, 3.63) is 87.9 Å². The maximum absolute atomic E-state index is 15.2. The molecule has 2 aromatic rings. The van der Waals surface area contributed by atoms with Crippen molar-refractivity contribution >= 4 is 45.3 Å². The standard InChI is InChI=1S/C39H46BrN3O8/c1-24-14-13-15-25(2)32(24)42-19-10-5-9-18-29(45)41-28(23-49-3)33(26-16-7-4-8-17-26)50-38(48)30-31-36(46)43(20-11-6-12-21-44)35(37(42)47)39(31)22-27(40)34(30)51-39/h4-5,7-8,10,13-17,22,28,30-31,33-35,44H,6,9,11-12,18-21,23H2,1-3H3,(H,41,45)/b10-5-/t28-,30+,31-,33-,34+,35+,39-/m1/s1. The number of cyclic esters (lactones) is 1. The van der Waals surface area contributed by atoms with Crippen LogP contribution in [0.5, 0.6) is 0 Å². The van der Waals surface area contributed by atoms with Gasteiger partial charge < -0.3 is 34.4 Å². The van der Waals surface area contributed by atoms with E-state index in [2.05, 4.69) is 21.2 Å². The van der Waals surface area contributed by atoms with E-state index in [4.69, 9.17) is 14.2 Å². The normalized spacial score (nSPS) is 30.3. The highest BCUT2D eigenvalue weighted by Gasteiger charge is 2.75. The van der Waals surface area contributed by atoms with Gasteiger partial charge in [0.2, 0.25) is 11.8 Å². The van der Waals surface area contributed by atoms with E-state index < -0.39 is 47.7 Å². The third-order valence-electron chi connectivity index (χ3n) is 10.4. The van der Waals surface area contributed by atoms with E-state index in [0.29, 0.717) is 35.7 Å². The second-order valence-electron chi connectivity index (χ2n) is 13.7. The van der Waals surface area contributed by atoms with Crippen LogP contribution in [0.2, 0.25) is 0 Å². The Hall–Kier alpha value is -3.84. The lowest BCUT2D eigenvalue weighted by atomic mass is 9.74. The number of anilines is 1. The summed E-state index contributed by atoms with van der Waals surface area (Å²) in [7, 11) is 1.52. The Balaban J connectivity index is 1.48. The van der Waals surface area contributed by atoms with Gasteiger partial charge in [0.15, 0.2) is 0 Å². The molecule has 5 bridgehead atoms. The first-order chi connectivity index (χ1) is 24.6. The number of nitrogens with zero attached hydrogens (tertiary/aromatic N) is 2. The van der Waals surface area contributed by atoms with E-state index in [1.54, 1.807) is 15.9 Å². The molecule has 0 saturated carbocycles. The zero-order valence-corrected chi connectivity index (χ0v) is 30.8. The number of aliphatic hydroxyl groups excluding tert-OH is 1. The number of benzene rings is 2. The number of aliphatic hydroxyl groups is 1. The number of likely N-dealkylation sites (tertiary alicyclic amines) is 1. The number of aryl methyl sites for hydroxylation is 2. The Labute approximate surface area is 307 Å². The van der Waals surface area contributed by atoms with Gasteiger partial charge in [-0.2, -0.15) is 0 Å². The molecule has 3 amide bonds. The van der Waals surface area contributed by atoms with Crippen LogP contribution in [-0.4, -0.2) is 90.9 Å². The molecule has 4 heterocycles. The van der Waals surface area contributed by atoms with Crippen molar-refractivity contribution < 1.29 is 38.5 Å². The van der Waals surface area contributed by atoms with Crippen LogP contribution in [0, 0.1) is 25.7 Å². The number of fused-ring (bicyclic) bond motifs is 2. The second-order valence-corrected chi connectivity index (χ2v) is 14.7. The van der Waals surface area contributed by atoms with Crippen LogP contribution in [-0.2, 0) is 33.4 Å². The molecule has 6 rings (SSSR count). The molecule has 12 heteroatoms. The lowest BCUT2D eigenvalue weighted by Crippen LogP contribution is -2.56. The Morgan fingerprint density at radius 2 is 1.71 bits per heavy atom. The molecule has 0 aliphatic carbocycles. The predicted molar refractivity (Wildman–Crippen MR) is 194 cm³/mol. The molecule has 7 atom stereocenters. The number of halogens is 1. The van der Waals surface area contributed by atoms with Gasteiger partial charge in [-0.3, -0.25) is 19.2 Å². The number of ether oxygens (including phenoxy) is 3. The Kier molecular flexibility index (Phi) is 11.5. The highest BCUT2D eigenvalue weighted by molar-refractivity contribution is 9.11. The molecule has 4 aliphatic rings. The van der Waals surface area contributed by atoms with E-state index in [9.17, 15) is 19.5 Å². The number of carbonyl (C=O) groups is 4. The van der Waals surface area contributed by atoms with Crippen LogP contribution in [0.1, 0.15) is 54.9 Å². The van der Waals surface area contributed by atoms with Crippen molar-refractivity contribution in [2.45, 2.75) is 75.8 Å². The van der Waals surface area contributed by atoms with Gasteiger partial charge in [0.05, 0.1) is 18.6 Å². The van der Waals surface area contributed by atoms with Crippen molar-refractivity contribution in [3.63, 3.8) is 0 Å². The molecular formula is C39H46BrN3O8. The molecule has 0 aromatic heterocycles. The molecule has 4 aliphatic heterocycles. The molecule has 2 fully saturated rings. The highest BCUT2D eigenvalue weighted by atomic mass is 79.9. The van der Waals surface area contributed by atoms with Gasteiger partial charge in [-0.05, 0) is 62.3 Å². The molecule has 1 spiro atoms. The number of nitrogens with one attached hydrogen (secondary N) is 1. The number of rotatable bonds is 9. The molecule has 272 valence electrons. The summed E-state index contributed by atoms with van der Waals surface area (Å²) in [4.78, 5) is 61.0. The van der Waals surface area contributed by atoms with Crippen LogP contribution < -0.4 is 10.2 Å². The minimum atomic E-state index is -1.44. The third kappa shape index (κ3) is 7.03. The summed E-state index contributed by atoms with van der Waals surface area (Å²) in [6.07, 6.45) is 6.12. The van der Waals surface area contributed by atoms with Gasteiger partial charge in [-0.25, -0.2) is 0 Å². The van der Waals surface area contributed by atoms with E-state index in [1.165, 1.54) is 7.11 Å². The van der Waals surface area contributed by atoms with Crippen LogP contribution in [0.3, 0.4) is 0 Å². The number of amides is 3. The van der Waals surface area contributed by atoms with Gasteiger partial charge in [0, 0.05) is 43.4 Å². The van der Waals surface area contributed by atoms with E-state index in [0.717, 1.165) is 16.8 Å². The zero-order chi connectivity index (χ0) is 36.3. The molecule has 0 unspecified atom stereocenters. The first kappa shape index (κ1) is 36.9. The van der Waals surface area contributed by atoms with Crippen molar-refractivity contribution in [2.24, 2.45) is 11.8 Å². The van der Waals surface area contributed by atoms with Crippen LogP contribution in [0.25, 0.3) is 0 Å². The monoisotopic (exact) mass is 763 g/mol. The Bertz CT molecular complexity index is 1680. The first-order valence-electron chi connectivity index (χ1n) is 17.7. The summed E-state index contributed by atoms with van der Waals surface area (Å²) in [5.41, 5.74) is 1.73. The van der Waals surface area contributed by atoms with Crippen LogP contribution in [0.15, 0.2) is 71.2 Å². The summed E-state index contributed by atoms with van der Waals surface area (Å²) in [5, 5.41) is 12.5. The quantitative estimate of drug-likeness (QED) is 0.218. The van der Waals surface area contributed by atoms with Crippen molar-refractivity contribution in [1.82, 2.24) is 10.2 Å². The molecule has 11 nitrogen and oxygen atoms in total. The van der Waals surface area contributed by atoms with Gasteiger partial charge in [0.1, 0.15) is 29.8 Å². The van der Waals surface area contributed by atoms with Crippen LogP contribution in [0.4, 0.5) is 5.69 Å². The highest BCUT2D eigenvalue weighted by Crippen LogP contribution is 2.59. The van der Waals surface area contributed by atoms with E-state index >= 15 is 4.79 Å². The minimum Gasteiger partial charge on any atom is -0.455 e. The number of para-hydroxylation sites is 1. The van der Waals surface area contributed by atoms with Crippen molar-refractivity contribution in [2.75, 3.05) is 38.3 Å². The lowest BCUT2D eigenvalue weighted by molar-refractivity contribution is -0.162. The average Bonchev–Trinajstić information content (AvgIpc) is 3.70. The van der Waals surface area contributed by atoms with Gasteiger partial charge in [-0.15, -0.1) is 0 Å². The molecule has 2 N–H and O–H groups in total. The summed E-state index contributed by atoms with van der Waals surface area (Å²) in [5.74, 6) is -3.69. The summed E-state index contributed by atoms with van der Waals surface area (Å²) >= 11 is 3.64. The molecule has 2 aromatic carbocycles. The smallest absolute Gasteiger partial charge is 0.313 e. The summed E-state index contributed by atoms with van der Waals surface area (Å²) in [6, 6.07) is 13.2. The SMILES string of the molecule is COC[C@H]1NC(=O)CC/C=C\CN(c2c(C)cccc2C)C(=O)[C@@H]2N(CCCCCO)C(=O)[C@H]3[C@H](C(=O)O[C@@H]1c1ccccc1)[C@H]1O[C@@]23C=C1Br.